The number of carbonyl (C=O) groups excluding carboxylic acids is 1. The highest BCUT2D eigenvalue weighted by Crippen LogP contribution is 2.16. The maximum atomic E-state index is 12.5. The highest BCUT2D eigenvalue weighted by molar-refractivity contribution is 5.92. The Labute approximate surface area is 139 Å². The van der Waals surface area contributed by atoms with Crippen LogP contribution in [0.25, 0.3) is 0 Å². The summed E-state index contributed by atoms with van der Waals surface area (Å²) in [6.07, 6.45) is 3.53. The molecule has 24 heavy (non-hydrogen) atoms. The molecule has 0 unspecified atom stereocenters. The van der Waals surface area contributed by atoms with Crippen molar-refractivity contribution in [3.8, 4) is 5.88 Å². The number of amides is 1. The number of rotatable bonds is 6. The van der Waals surface area contributed by atoms with E-state index in [4.69, 9.17) is 14.6 Å². The van der Waals surface area contributed by atoms with Gasteiger partial charge in [0.25, 0.3) is 5.91 Å². The van der Waals surface area contributed by atoms with E-state index in [1.165, 1.54) is 10.9 Å². The van der Waals surface area contributed by atoms with Crippen LogP contribution in [0.15, 0.2) is 36.7 Å². The van der Waals surface area contributed by atoms with E-state index in [0.717, 1.165) is 0 Å². The third kappa shape index (κ3) is 3.90. The maximum Gasteiger partial charge on any atom is 0.269 e. The van der Waals surface area contributed by atoms with E-state index in [2.05, 4.69) is 15.4 Å². The van der Waals surface area contributed by atoms with Crippen LogP contribution in [-0.2, 0) is 11.3 Å². The van der Waals surface area contributed by atoms with Gasteiger partial charge in [0.2, 0.25) is 5.88 Å². The van der Waals surface area contributed by atoms with Crippen molar-refractivity contribution in [1.82, 2.24) is 20.1 Å². The monoisotopic (exact) mass is 332 g/mol. The predicted octanol–water partition coefficient (Wildman–Crippen LogP) is 0.237. The lowest BCUT2D eigenvalue weighted by molar-refractivity contribution is -0.0153. The van der Waals surface area contributed by atoms with Gasteiger partial charge in [-0.2, -0.15) is 5.10 Å². The summed E-state index contributed by atoms with van der Waals surface area (Å²) >= 11 is 0. The maximum absolute atomic E-state index is 12.5. The third-order valence-corrected chi connectivity index (χ3v) is 3.79. The van der Waals surface area contributed by atoms with E-state index < -0.39 is 0 Å². The van der Waals surface area contributed by atoms with Gasteiger partial charge in [-0.05, 0) is 18.6 Å². The van der Waals surface area contributed by atoms with Crippen molar-refractivity contribution in [3.05, 3.63) is 42.4 Å². The van der Waals surface area contributed by atoms with Crippen molar-refractivity contribution < 1.29 is 19.4 Å². The predicted molar refractivity (Wildman–Crippen MR) is 84.7 cm³/mol. The molecule has 0 radical (unpaired) electrons. The van der Waals surface area contributed by atoms with E-state index >= 15 is 0 Å². The Kier molecular flexibility index (Phi) is 5.39. The molecular formula is C16H20N4O4. The van der Waals surface area contributed by atoms with Gasteiger partial charge in [-0.3, -0.25) is 9.48 Å². The van der Waals surface area contributed by atoms with E-state index in [0.29, 0.717) is 31.2 Å². The van der Waals surface area contributed by atoms with Gasteiger partial charge in [0.1, 0.15) is 11.8 Å². The summed E-state index contributed by atoms with van der Waals surface area (Å²) in [4.78, 5) is 16.6. The fourth-order valence-corrected chi connectivity index (χ4v) is 2.61. The Hall–Kier alpha value is -2.45. The molecule has 1 aliphatic rings. The summed E-state index contributed by atoms with van der Waals surface area (Å²) in [5.74, 6) is 0.250. The molecule has 2 aromatic heterocycles. The standard InChI is InChI=1S/C16H20N4O4/c21-9-8-20-13(4-7-18-20)16(22)19-12-5-10-23-11-14(12)24-15-3-1-2-6-17-15/h1-4,6-7,12,14,21H,5,8-11H2,(H,19,22)/t12-,14-/m1/s1. The second kappa shape index (κ2) is 7.89. The van der Waals surface area contributed by atoms with Crippen molar-refractivity contribution in [1.29, 1.82) is 0 Å². The number of nitrogens with one attached hydrogen (secondary N) is 1. The van der Waals surface area contributed by atoms with E-state index in [1.54, 1.807) is 18.3 Å². The zero-order valence-electron chi connectivity index (χ0n) is 13.2. The fraction of sp³-hybridized carbons (Fsp3) is 0.438. The number of aliphatic hydroxyl groups excluding tert-OH is 1. The summed E-state index contributed by atoms with van der Waals surface area (Å²) < 4.78 is 12.8. The SMILES string of the molecule is O=C(N[C@@H]1CCOC[C@H]1Oc1ccccn1)c1ccnn1CCO. The molecule has 2 N–H and O–H groups in total. The number of hydrogen-bond donors (Lipinski definition) is 2. The normalized spacial score (nSPS) is 20.5. The summed E-state index contributed by atoms with van der Waals surface area (Å²) in [7, 11) is 0. The van der Waals surface area contributed by atoms with Crippen LogP contribution in [-0.4, -0.2) is 57.7 Å². The van der Waals surface area contributed by atoms with E-state index in [1.807, 2.05) is 12.1 Å². The van der Waals surface area contributed by atoms with Crippen molar-refractivity contribution in [3.63, 3.8) is 0 Å². The van der Waals surface area contributed by atoms with Gasteiger partial charge < -0.3 is 19.9 Å². The average Bonchev–Trinajstić information content (AvgIpc) is 3.06. The topological polar surface area (TPSA) is 98.5 Å². The Morgan fingerprint density at radius 3 is 3.12 bits per heavy atom. The van der Waals surface area contributed by atoms with Crippen LogP contribution in [0.2, 0.25) is 0 Å². The van der Waals surface area contributed by atoms with Gasteiger partial charge in [-0.25, -0.2) is 4.98 Å². The molecule has 0 aliphatic carbocycles. The number of hydrogen-bond acceptors (Lipinski definition) is 6. The Morgan fingerprint density at radius 1 is 1.42 bits per heavy atom. The fourth-order valence-electron chi connectivity index (χ4n) is 2.61. The number of pyridine rings is 1. The minimum Gasteiger partial charge on any atom is -0.470 e. The zero-order valence-corrected chi connectivity index (χ0v) is 13.2. The van der Waals surface area contributed by atoms with Gasteiger partial charge in [0.05, 0.1) is 25.8 Å². The molecule has 2 aromatic rings. The van der Waals surface area contributed by atoms with Gasteiger partial charge in [0, 0.05) is 25.1 Å². The minimum absolute atomic E-state index is 0.0787. The van der Waals surface area contributed by atoms with Gasteiger partial charge in [-0.1, -0.05) is 6.07 Å². The molecular weight excluding hydrogens is 312 g/mol. The van der Waals surface area contributed by atoms with Crippen LogP contribution in [0, 0.1) is 0 Å². The molecule has 3 rings (SSSR count). The first kappa shape index (κ1) is 16.4. The highest BCUT2D eigenvalue weighted by Gasteiger charge is 2.30. The third-order valence-electron chi connectivity index (χ3n) is 3.79. The molecule has 0 saturated carbocycles. The second-order valence-corrected chi connectivity index (χ2v) is 5.43. The van der Waals surface area contributed by atoms with Gasteiger partial charge in [0.15, 0.2) is 0 Å². The molecule has 128 valence electrons. The smallest absolute Gasteiger partial charge is 0.269 e. The molecule has 1 fully saturated rings. The first-order valence-electron chi connectivity index (χ1n) is 7.87. The number of aromatic nitrogens is 3. The van der Waals surface area contributed by atoms with Crippen LogP contribution in [0.4, 0.5) is 0 Å². The summed E-state index contributed by atoms with van der Waals surface area (Å²) in [5.41, 5.74) is 0.409. The first-order valence-corrected chi connectivity index (χ1v) is 7.87. The molecule has 8 heteroatoms. The second-order valence-electron chi connectivity index (χ2n) is 5.43. The quantitative estimate of drug-likeness (QED) is 0.786. The van der Waals surface area contributed by atoms with Crippen LogP contribution in [0.3, 0.4) is 0 Å². The molecule has 8 nitrogen and oxygen atoms in total. The van der Waals surface area contributed by atoms with Crippen LogP contribution < -0.4 is 10.1 Å². The van der Waals surface area contributed by atoms with E-state index in [-0.39, 0.29) is 31.2 Å². The van der Waals surface area contributed by atoms with Crippen LogP contribution >= 0.6 is 0 Å². The molecule has 0 bridgehead atoms. The summed E-state index contributed by atoms with van der Waals surface area (Å²) in [6, 6.07) is 6.85. The van der Waals surface area contributed by atoms with Gasteiger partial charge in [-0.15, -0.1) is 0 Å². The molecule has 1 amide bonds. The summed E-state index contributed by atoms with van der Waals surface area (Å²) in [6.45, 7) is 1.14. The lowest BCUT2D eigenvalue weighted by Gasteiger charge is -2.32. The van der Waals surface area contributed by atoms with Crippen molar-refractivity contribution >= 4 is 5.91 Å². The molecule has 0 spiro atoms. The zero-order chi connectivity index (χ0) is 16.8. The molecule has 2 atom stereocenters. The Bertz CT molecular complexity index is 661. The number of carbonyl (C=O) groups is 1. The van der Waals surface area contributed by atoms with E-state index in [9.17, 15) is 4.79 Å². The molecule has 1 aliphatic heterocycles. The Balaban J connectivity index is 1.67. The summed E-state index contributed by atoms with van der Waals surface area (Å²) in [5, 5.41) is 16.0. The lowest BCUT2D eigenvalue weighted by atomic mass is 10.1. The molecule has 3 heterocycles. The average molecular weight is 332 g/mol. The Morgan fingerprint density at radius 2 is 2.33 bits per heavy atom. The van der Waals surface area contributed by atoms with Crippen molar-refractivity contribution in [2.75, 3.05) is 19.8 Å². The number of aliphatic hydroxyl groups is 1. The highest BCUT2D eigenvalue weighted by atomic mass is 16.5. The molecule has 1 saturated heterocycles. The molecule has 0 aromatic carbocycles. The van der Waals surface area contributed by atoms with Crippen LogP contribution in [0.1, 0.15) is 16.9 Å². The van der Waals surface area contributed by atoms with Crippen molar-refractivity contribution in [2.45, 2.75) is 25.1 Å². The number of nitrogens with zero attached hydrogens (tertiary/aromatic N) is 3. The van der Waals surface area contributed by atoms with Gasteiger partial charge >= 0.3 is 0 Å². The first-order chi connectivity index (χ1) is 11.8. The minimum atomic E-state index is -0.313. The largest absolute Gasteiger partial charge is 0.470 e. The van der Waals surface area contributed by atoms with Crippen LogP contribution in [0.5, 0.6) is 5.88 Å². The van der Waals surface area contributed by atoms with Crippen molar-refractivity contribution in [2.24, 2.45) is 0 Å². The number of ether oxygens (including phenoxy) is 2. The lowest BCUT2D eigenvalue weighted by Crippen LogP contribution is -2.51.